The van der Waals surface area contributed by atoms with E-state index in [1.165, 1.54) is 38.9 Å². The van der Waals surface area contributed by atoms with Crippen molar-refractivity contribution >= 4 is 11.4 Å². The quantitative estimate of drug-likeness (QED) is 0.256. The molecule has 0 aromatic heterocycles. The topological polar surface area (TPSA) is 50.6 Å². The van der Waals surface area contributed by atoms with Crippen molar-refractivity contribution in [3.63, 3.8) is 0 Å². The molecule has 0 radical (unpaired) electrons. The van der Waals surface area contributed by atoms with Crippen molar-refractivity contribution in [1.82, 2.24) is 0 Å². The third-order valence-corrected chi connectivity index (χ3v) is 6.63. The lowest BCUT2D eigenvalue weighted by Gasteiger charge is -2.05. The summed E-state index contributed by atoms with van der Waals surface area (Å²) in [5, 5.41) is 0. The molecule has 0 amide bonds. The molecule has 6 rings (SSSR count). The van der Waals surface area contributed by atoms with Gasteiger partial charge in [-0.05, 0) is 99.8 Å². The van der Waals surface area contributed by atoms with Gasteiger partial charge in [0.05, 0.1) is 19.1 Å². The Labute approximate surface area is 192 Å². The van der Waals surface area contributed by atoms with Crippen molar-refractivity contribution in [2.24, 2.45) is 0 Å². The van der Waals surface area contributed by atoms with Crippen LogP contribution in [0.1, 0.15) is 22.3 Å². The third kappa shape index (κ3) is 3.24. The Morgan fingerprint density at radius 1 is 0.636 bits per heavy atom. The molecular formula is C28H23N2O3+. The maximum atomic E-state index is 13.0. The fourth-order valence-electron chi connectivity index (χ4n) is 4.99. The molecule has 5 heteroatoms. The lowest BCUT2D eigenvalue weighted by atomic mass is 10.1. The molecule has 2 aliphatic carbocycles. The van der Waals surface area contributed by atoms with Crippen LogP contribution < -0.4 is 14.9 Å². The number of rotatable bonds is 5. The van der Waals surface area contributed by atoms with Gasteiger partial charge in [-0.2, -0.15) is 0 Å². The van der Waals surface area contributed by atoms with Crippen LogP contribution in [0.3, 0.4) is 0 Å². The van der Waals surface area contributed by atoms with Crippen LogP contribution in [0, 0.1) is 4.91 Å². The van der Waals surface area contributed by atoms with E-state index in [4.69, 9.17) is 9.47 Å². The Balaban J connectivity index is 1.23. The van der Waals surface area contributed by atoms with Crippen LogP contribution in [0.2, 0.25) is 0 Å². The number of methoxy groups -OCH3 is 2. The van der Waals surface area contributed by atoms with Crippen LogP contribution in [-0.4, -0.2) is 19.1 Å². The van der Waals surface area contributed by atoms with Gasteiger partial charge in [-0.1, -0.05) is 18.2 Å². The van der Waals surface area contributed by atoms with E-state index in [-0.39, 0.29) is 0 Å². The standard InChI is InChI=1S/C28H23N2O3/c1-32-23-5-9-27-19(15-23)11-17-13-21(3-7-25(17)27)29-30(31)22-4-8-26-18(14-22)12-20-16-24(33-2)6-10-28(20)26/h3-10,13-16H,11-12H2,1-2H3,(H,29,31)/q+1. The van der Waals surface area contributed by atoms with Crippen LogP contribution in [0.5, 0.6) is 11.5 Å². The van der Waals surface area contributed by atoms with E-state index < -0.39 is 0 Å². The van der Waals surface area contributed by atoms with Gasteiger partial charge in [0.1, 0.15) is 17.2 Å². The molecule has 0 atom stereocenters. The summed E-state index contributed by atoms with van der Waals surface area (Å²) in [5.74, 6) is 1.72. The summed E-state index contributed by atoms with van der Waals surface area (Å²) in [6, 6.07) is 24.3. The number of anilines is 1. The normalized spacial score (nSPS) is 12.4. The number of ether oxygens (including phenoxy) is 2. The second-order valence-corrected chi connectivity index (χ2v) is 8.52. The Morgan fingerprint density at radius 2 is 1.12 bits per heavy atom. The van der Waals surface area contributed by atoms with E-state index in [0.29, 0.717) is 5.69 Å². The molecule has 0 saturated carbocycles. The molecule has 0 heterocycles. The van der Waals surface area contributed by atoms with Crippen molar-refractivity contribution in [2.75, 3.05) is 19.6 Å². The summed E-state index contributed by atoms with van der Waals surface area (Å²) in [4.78, 5) is 13.8. The molecule has 0 spiro atoms. The Morgan fingerprint density at radius 3 is 1.70 bits per heavy atom. The first kappa shape index (κ1) is 19.6. The number of nitroso groups, excluding NO2 is 1. The second kappa shape index (κ2) is 7.48. The lowest BCUT2D eigenvalue weighted by Crippen LogP contribution is -2.10. The number of hydrazine groups is 1. The van der Waals surface area contributed by atoms with Crippen LogP contribution >= 0.6 is 0 Å². The maximum Gasteiger partial charge on any atom is 0.292 e. The van der Waals surface area contributed by atoms with Crippen LogP contribution in [0.4, 0.5) is 11.4 Å². The van der Waals surface area contributed by atoms with E-state index in [1.807, 2.05) is 36.4 Å². The minimum atomic E-state index is 0.585. The predicted molar refractivity (Wildman–Crippen MR) is 129 cm³/mol. The summed E-state index contributed by atoms with van der Waals surface area (Å²) in [6.45, 7) is 0. The van der Waals surface area contributed by atoms with Crippen molar-refractivity contribution < 1.29 is 14.3 Å². The fraction of sp³-hybridized carbons (Fsp3) is 0.143. The van der Waals surface area contributed by atoms with E-state index in [0.717, 1.165) is 40.5 Å². The second-order valence-electron chi connectivity index (χ2n) is 8.52. The molecular weight excluding hydrogens is 412 g/mol. The third-order valence-electron chi connectivity index (χ3n) is 6.63. The fourth-order valence-corrected chi connectivity index (χ4v) is 4.99. The number of nitrogens with one attached hydrogen (secondary N) is 1. The van der Waals surface area contributed by atoms with Crippen molar-refractivity contribution in [3.05, 3.63) is 100.0 Å². The SMILES string of the molecule is COc1ccc2c(c1)Cc1cc(N[N+](=O)c3ccc4c(c3)Cc3cc(OC)ccc3-4)ccc1-2. The van der Waals surface area contributed by atoms with Gasteiger partial charge in [-0.3, -0.25) is 0 Å². The zero-order valence-electron chi connectivity index (χ0n) is 18.5. The zero-order valence-corrected chi connectivity index (χ0v) is 18.5. The molecule has 0 saturated heterocycles. The molecule has 0 aliphatic heterocycles. The highest BCUT2D eigenvalue weighted by atomic mass is 16.5. The van der Waals surface area contributed by atoms with E-state index >= 15 is 0 Å². The minimum Gasteiger partial charge on any atom is -0.497 e. The number of fused-ring (bicyclic) bond motifs is 6. The Hall–Kier alpha value is -4.12. The van der Waals surface area contributed by atoms with Crippen LogP contribution in [0.25, 0.3) is 22.3 Å². The summed E-state index contributed by atoms with van der Waals surface area (Å²) in [5.41, 5.74) is 14.0. The van der Waals surface area contributed by atoms with E-state index in [2.05, 4.69) is 41.8 Å². The maximum absolute atomic E-state index is 13.0. The van der Waals surface area contributed by atoms with Gasteiger partial charge >= 0.3 is 0 Å². The highest BCUT2D eigenvalue weighted by Crippen LogP contribution is 2.41. The smallest absolute Gasteiger partial charge is 0.292 e. The van der Waals surface area contributed by atoms with Gasteiger partial charge in [0, 0.05) is 12.1 Å². The lowest BCUT2D eigenvalue weighted by molar-refractivity contribution is -0.427. The predicted octanol–water partition coefficient (Wildman–Crippen LogP) is 6.28. The van der Waals surface area contributed by atoms with Gasteiger partial charge in [0.15, 0.2) is 4.87 Å². The average molecular weight is 436 g/mol. The number of hydrogen-bond acceptors (Lipinski definition) is 3. The summed E-state index contributed by atoms with van der Waals surface area (Å²) in [6.07, 6.45) is 1.63. The number of nitrogens with zero attached hydrogens (tertiary/aromatic N) is 1. The molecule has 0 fully saturated rings. The molecule has 0 bridgehead atoms. The molecule has 33 heavy (non-hydrogen) atoms. The van der Waals surface area contributed by atoms with Crippen molar-refractivity contribution in [2.45, 2.75) is 12.8 Å². The monoisotopic (exact) mass is 435 g/mol. The molecule has 2 aliphatic rings. The number of benzene rings is 4. The zero-order chi connectivity index (χ0) is 22.5. The first-order chi connectivity index (χ1) is 16.1. The number of hydrogen-bond donors (Lipinski definition) is 1. The van der Waals surface area contributed by atoms with Crippen molar-refractivity contribution in [1.29, 1.82) is 0 Å². The van der Waals surface area contributed by atoms with Gasteiger partial charge in [-0.25, -0.2) is 0 Å². The van der Waals surface area contributed by atoms with Gasteiger partial charge in [0.2, 0.25) is 0 Å². The Kier molecular flexibility index (Phi) is 4.44. The highest BCUT2D eigenvalue weighted by Gasteiger charge is 2.25. The van der Waals surface area contributed by atoms with E-state index in [1.54, 1.807) is 14.2 Å². The average Bonchev–Trinajstić information content (AvgIpc) is 3.39. The molecule has 1 N–H and O–H groups in total. The molecule has 4 aromatic rings. The molecule has 4 aromatic carbocycles. The summed E-state index contributed by atoms with van der Waals surface area (Å²) < 4.78 is 10.7. The molecule has 5 nitrogen and oxygen atoms in total. The van der Waals surface area contributed by atoms with Gasteiger partial charge < -0.3 is 9.47 Å². The van der Waals surface area contributed by atoms with Gasteiger partial charge in [0.25, 0.3) is 5.69 Å². The first-order valence-electron chi connectivity index (χ1n) is 11.0. The Bertz CT molecular complexity index is 1440. The van der Waals surface area contributed by atoms with Crippen LogP contribution in [-0.2, 0) is 12.8 Å². The first-order valence-corrected chi connectivity index (χ1v) is 11.0. The summed E-state index contributed by atoms with van der Waals surface area (Å²) in [7, 11) is 3.36. The largest absolute Gasteiger partial charge is 0.497 e. The minimum absolute atomic E-state index is 0.585. The van der Waals surface area contributed by atoms with Crippen LogP contribution in [0.15, 0.2) is 72.8 Å². The van der Waals surface area contributed by atoms with Gasteiger partial charge in [-0.15, -0.1) is 5.43 Å². The summed E-state index contributed by atoms with van der Waals surface area (Å²) >= 11 is 0. The molecule has 0 unspecified atom stereocenters. The highest BCUT2D eigenvalue weighted by molar-refractivity contribution is 5.80. The van der Waals surface area contributed by atoms with Crippen molar-refractivity contribution in [3.8, 4) is 33.8 Å². The van der Waals surface area contributed by atoms with E-state index in [9.17, 15) is 4.91 Å². The molecule has 162 valence electrons.